The minimum Gasteiger partial charge on any atom is -0.393 e. The zero-order chi connectivity index (χ0) is 13.5. The fourth-order valence-corrected chi connectivity index (χ4v) is 3.40. The van der Waals surface area contributed by atoms with Crippen LogP contribution in [-0.2, 0) is 4.74 Å². The van der Waals surface area contributed by atoms with E-state index in [0.717, 1.165) is 19.4 Å². The lowest BCUT2D eigenvalue weighted by molar-refractivity contribution is 0.0332. The van der Waals surface area contributed by atoms with Crippen molar-refractivity contribution in [2.45, 2.75) is 50.7 Å². The van der Waals surface area contributed by atoms with Crippen molar-refractivity contribution < 1.29 is 9.84 Å². The van der Waals surface area contributed by atoms with Gasteiger partial charge in [-0.3, -0.25) is 4.90 Å². The van der Waals surface area contributed by atoms with Gasteiger partial charge in [-0.25, -0.2) is 0 Å². The van der Waals surface area contributed by atoms with E-state index in [1.54, 1.807) is 7.11 Å². The van der Waals surface area contributed by atoms with Gasteiger partial charge in [-0.15, -0.1) is 0 Å². The van der Waals surface area contributed by atoms with Crippen molar-refractivity contribution >= 4 is 0 Å². The first-order chi connectivity index (χ1) is 9.29. The highest BCUT2D eigenvalue weighted by Crippen LogP contribution is 2.24. The highest BCUT2D eigenvalue weighted by Gasteiger charge is 2.27. The van der Waals surface area contributed by atoms with Gasteiger partial charge in [0.15, 0.2) is 0 Å². The van der Waals surface area contributed by atoms with E-state index in [0.29, 0.717) is 6.04 Å². The van der Waals surface area contributed by atoms with Crippen molar-refractivity contribution in [1.29, 1.82) is 0 Å². The van der Waals surface area contributed by atoms with Crippen molar-refractivity contribution in [2.24, 2.45) is 0 Å². The minimum atomic E-state index is -0.0502. The Morgan fingerprint density at radius 3 is 2.58 bits per heavy atom. The fourth-order valence-electron chi connectivity index (χ4n) is 3.40. The molecule has 4 heteroatoms. The summed E-state index contributed by atoms with van der Waals surface area (Å²) in [4.78, 5) is 5.18. The molecule has 0 aromatic heterocycles. The van der Waals surface area contributed by atoms with Crippen LogP contribution < -0.4 is 0 Å². The van der Waals surface area contributed by atoms with Gasteiger partial charge in [-0.2, -0.15) is 0 Å². The van der Waals surface area contributed by atoms with Gasteiger partial charge in [0.1, 0.15) is 0 Å². The first-order valence-electron chi connectivity index (χ1n) is 7.93. The maximum atomic E-state index is 9.78. The average molecular weight is 270 g/mol. The van der Waals surface area contributed by atoms with E-state index >= 15 is 0 Å². The van der Waals surface area contributed by atoms with Crippen LogP contribution in [0.15, 0.2) is 0 Å². The predicted molar refractivity (Wildman–Crippen MR) is 77.4 cm³/mol. The summed E-state index contributed by atoms with van der Waals surface area (Å²) in [6, 6.07) is 0.638. The molecule has 0 bridgehead atoms. The summed E-state index contributed by atoms with van der Waals surface area (Å²) in [6.07, 6.45) is 6.85. The molecule has 1 N–H and O–H groups in total. The predicted octanol–water partition coefficient (Wildman–Crippen LogP) is 1.33. The molecular weight excluding hydrogens is 240 g/mol. The normalized spacial score (nSPS) is 30.6. The number of aliphatic hydroxyl groups excluding tert-OH is 1. The third-order valence-corrected chi connectivity index (χ3v) is 4.61. The molecule has 2 unspecified atom stereocenters. The zero-order valence-electron chi connectivity index (χ0n) is 12.4. The molecule has 4 nitrogen and oxygen atoms in total. The number of hydrogen-bond acceptors (Lipinski definition) is 4. The first kappa shape index (κ1) is 15.2. The summed E-state index contributed by atoms with van der Waals surface area (Å²) in [5, 5.41) is 9.78. The molecule has 112 valence electrons. The molecule has 1 saturated carbocycles. The van der Waals surface area contributed by atoms with E-state index in [1.165, 1.54) is 58.4 Å². The van der Waals surface area contributed by atoms with Gasteiger partial charge in [-0.1, -0.05) is 0 Å². The molecule has 19 heavy (non-hydrogen) atoms. The molecule has 1 saturated heterocycles. The van der Waals surface area contributed by atoms with Crippen LogP contribution >= 0.6 is 0 Å². The highest BCUT2D eigenvalue weighted by atomic mass is 16.5. The number of rotatable bonds is 6. The Morgan fingerprint density at radius 2 is 1.89 bits per heavy atom. The molecule has 0 aromatic rings. The second kappa shape index (κ2) is 8.20. The molecule has 0 amide bonds. The number of nitrogens with zero attached hydrogens (tertiary/aromatic N) is 2. The Kier molecular flexibility index (Phi) is 6.57. The monoisotopic (exact) mass is 270 g/mol. The SMILES string of the molecule is COCCCCN1CCN(C2CCCC(O)C2)CC1. The van der Waals surface area contributed by atoms with Gasteiger partial charge in [0.25, 0.3) is 0 Å². The topological polar surface area (TPSA) is 35.9 Å². The second-order valence-electron chi connectivity index (χ2n) is 6.05. The summed E-state index contributed by atoms with van der Waals surface area (Å²) in [5.74, 6) is 0. The lowest BCUT2D eigenvalue weighted by Crippen LogP contribution is -2.51. The van der Waals surface area contributed by atoms with E-state index in [-0.39, 0.29) is 6.10 Å². The maximum absolute atomic E-state index is 9.78. The number of ether oxygens (including phenoxy) is 1. The molecule has 1 aliphatic heterocycles. The standard InChI is InChI=1S/C15H30N2O2/c1-19-12-3-2-7-16-8-10-17(11-9-16)14-5-4-6-15(18)13-14/h14-15,18H,2-13H2,1H3. The molecule has 2 fully saturated rings. The van der Waals surface area contributed by atoms with Gasteiger partial charge >= 0.3 is 0 Å². The number of piperazine rings is 1. The summed E-state index contributed by atoms with van der Waals surface area (Å²) in [5.41, 5.74) is 0. The Hall–Kier alpha value is -0.160. The van der Waals surface area contributed by atoms with Crippen molar-refractivity contribution in [3.8, 4) is 0 Å². The van der Waals surface area contributed by atoms with Gasteiger partial charge in [-0.05, 0) is 45.1 Å². The van der Waals surface area contributed by atoms with Gasteiger partial charge < -0.3 is 14.7 Å². The van der Waals surface area contributed by atoms with Crippen molar-refractivity contribution in [3.63, 3.8) is 0 Å². The summed E-state index contributed by atoms with van der Waals surface area (Å²) < 4.78 is 5.09. The number of aliphatic hydroxyl groups is 1. The van der Waals surface area contributed by atoms with Gasteiger partial charge in [0.05, 0.1) is 6.10 Å². The summed E-state index contributed by atoms with van der Waals surface area (Å²) in [7, 11) is 1.78. The van der Waals surface area contributed by atoms with Crippen molar-refractivity contribution in [3.05, 3.63) is 0 Å². The first-order valence-corrected chi connectivity index (χ1v) is 7.93. The van der Waals surface area contributed by atoms with E-state index in [2.05, 4.69) is 9.80 Å². The Bertz CT molecular complexity index is 242. The molecule has 1 heterocycles. The lowest BCUT2D eigenvalue weighted by atomic mass is 9.91. The molecule has 2 atom stereocenters. The quantitative estimate of drug-likeness (QED) is 0.739. The summed E-state index contributed by atoms with van der Waals surface area (Å²) >= 11 is 0. The lowest BCUT2D eigenvalue weighted by Gasteiger charge is -2.41. The average Bonchev–Trinajstić information content (AvgIpc) is 2.44. The smallest absolute Gasteiger partial charge is 0.0555 e. The largest absolute Gasteiger partial charge is 0.393 e. The third kappa shape index (κ3) is 5.03. The molecule has 2 aliphatic rings. The molecule has 2 rings (SSSR count). The Labute approximate surface area is 117 Å². The zero-order valence-corrected chi connectivity index (χ0v) is 12.4. The van der Waals surface area contributed by atoms with Crippen LogP contribution in [0.25, 0.3) is 0 Å². The molecule has 1 aliphatic carbocycles. The molecular formula is C15H30N2O2. The molecule has 0 aromatic carbocycles. The number of hydrogen-bond donors (Lipinski definition) is 1. The maximum Gasteiger partial charge on any atom is 0.0555 e. The third-order valence-electron chi connectivity index (χ3n) is 4.61. The van der Waals surface area contributed by atoms with Gasteiger partial charge in [0, 0.05) is 45.9 Å². The minimum absolute atomic E-state index is 0.0502. The van der Waals surface area contributed by atoms with Crippen LogP contribution in [-0.4, -0.2) is 73.5 Å². The van der Waals surface area contributed by atoms with Crippen LogP contribution in [0, 0.1) is 0 Å². The van der Waals surface area contributed by atoms with E-state index in [4.69, 9.17) is 4.74 Å². The highest BCUT2D eigenvalue weighted by molar-refractivity contribution is 4.83. The van der Waals surface area contributed by atoms with Crippen LogP contribution in [0.5, 0.6) is 0 Å². The van der Waals surface area contributed by atoms with Crippen molar-refractivity contribution in [1.82, 2.24) is 9.80 Å². The Balaban J connectivity index is 1.62. The fraction of sp³-hybridized carbons (Fsp3) is 1.00. The van der Waals surface area contributed by atoms with Crippen LogP contribution in [0.2, 0.25) is 0 Å². The molecule has 0 radical (unpaired) electrons. The number of unbranched alkanes of at least 4 members (excludes halogenated alkanes) is 1. The van der Waals surface area contributed by atoms with Gasteiger partial charge in [0.2, 0.25) is 0 Å². The van der Waals surface area contributed by atoms with Crippen LogP contribution in [0.4, 0.5) is 0 Å². The Morgan fingerprint density at radius 1 is 1.11 bits per heavy atom. The van der Waals surface area contributed by atoms with E-state index in [1.807, 2.05) is 0 Å². The summed E-state index contributed by atoms with van der Waals surface area (Å²) in [6.45, 7) is 6.85. The number of methoxy groups -OCH3 is 1. The van der Waals surface area contributed by atoms with E-state index < -0.39 is 0 Å². The van der Waals surface area contributed by atoms with Crippen LogP contribution in [0.1, 0.15) is 38.5 Å². The van der Waals surface area contributed by atoms with E-state index in [9.17, 15) is 5.11 Å². The molecule has 0 spiro atoms. The second-order valence-corrected chi connectivity index (χ2v) is 6.05. The van der Waals surface area contributed by atoms with Crippen LogP contribution in [0.3, 0.4) is 0 Å². The van der Waals surface area contributed by atoms with Crippen molar-refractivity contribution in [2.75, 3.05) is 46.4 Å².